The van der Waals surface area contributed by atoms with E-state index in [0.717, 1.165) is 19.4 Å². The van der Waals surface area contributed by atoms with Gasteiger partial charge in [0, 0.05) is 6.04 Å². The zero-order valence-corrected chi connectivity index (χ0v) is 10.4. The van der Waals surface area contributed by atoms with E-state index < -0.39 is 14.6 Å². The summed E-state index contributed by atoms with van der Waals surface area (Å²) in [6.45, 7) is 4.90. The van der Waals surface area contributed by atoms with Crippen LogP contribution in [-0.4, -0.2) is 31.5 Å². The van der Waals surface area contributed by atoms with Crippen LogP contribution in [0.2, 0.25) is 0 Å². The average molecular weight is 231 g/mol. The summed E-state index contributed by atoms with van der Waals surface area (Å²) in [5.41, 5.74) is 0. The van der Waals surface area contributed by atoms with E-state index in [2.05, 4.69) is 5.32 Å². The molecule has 0 saturated carbocycles. The molecule has 2 fully saturated rings. The topological polar surface area (TPSA) is 46.2 Å². The monoisotopic (exact) mass is 231 g/mol. The van der Waals surface area contributed by atoms with Gasteiger partial charge in [-0.2, -0.15) is 0 Å². The Hall–Kier alpha value is -0.0900. The summed E-state index contributed by atoms with van der Waals surface area (Å²) in [5, 5.41) is 3.45. The number of hydrogen-bond donors (Lipinski definition) is 1. The fourth-order valence-corrected chi connectivity index (χ4v) is 4.71. The largest absolute Gasteiger partial charge is 0.314 e. The number of nitrogens with one attached hydrogen (secondary N) is 1. The van der Waals surface area contributed by atoms with Crippen molar-refractivity contribution in [1.29, 1.82) is 0 Å². The standard InChI is InChI=1S/C11H21NO2S/c1-11(2)9(5-7-15(11,13)14)8-10-4-3-6-12-10/h9-10,12H,3-8H2,1-2H3. The van der Waals surface area contributed by atoms with E-state index in [0.29, 0.717) is 17.7 Å². The third kappa shape index (κ3) is 1.94. The second-order valence-electron chi connectivity index (χ2n) is 5.44. The van der Waals surface area contributed by atoms with Gasteiger partial charge in [0.25, 0.3) is 0 Å². The minimum atomic E-state index is -2.84. The highest BCUT2D eigenvalue weighted by Crippen LogP contribution is 2.40. The molecule has 2 heterocycles. The smallest absolute Gasteiger partial charge is 0.155 e. The van der Waals surface area contributed by atoms with Crippen LogP contribution in [0.15, 0.2) is 0 Å². The highest BCUT2D eigenvalue weighted by atomic mass is 32.2. The number of hydrogen-bond acceptors (Lipinski definition) is 3. The minimum absolute atomic E-state index is 0.345. The maximum Gasteiger partial charge on any atom is 0.155 e. The van der Waals surface area contributed by atoms with Crippen LogP contribution in [0.1, 0.15) is 39.5 Å². The summed E-state index contributed by atoms with van der Waals surface area (Å²) in [6, 6.07) is 0.558. The third-order valence-corrected chi connectivity index (χ3v) is 6.96. The van der Waals surface area contributed by atoms with Gasteiger partial charge in [-0.1, -0.05) is 0 Å². The van der Waals surface area contributed by atoms with Gasteiger partial charge in [0.15, 0.2) is 9.84 Å². The van der Waals surface area contributed by atoms with E-state index in [1.54, 1.807) is 0 Å². The first-order valence-electron chi connectivity index (χ1n) is 5.89. The first kappa shape index (κ1) is 11.4. The Bertz CT molecular complexity index is 328. The van der Waals surface area contributed by atoms with Crippen molar-refractivity contribution in [3.05, 3.63) is 0 Å². The molecule has 0 radical (unpaired) electrons. The van der Waals surface area contributed by atoms with Gasteiger partial charge in [0.2, 0.25) is 0 Å². The van der Waals surface area contributed by atoms with Gasteiger partial charge in [-0.05, 0) is 52.0 Å². The summed E-state index contributed by atoms with van der Waals surface area (Å²) in [6.07, 6.45) is 4.34. The van der Waals surface area contributed by atoms with Crippen molar-refractivity contribution in [1.82, 2.24) is 5.32 Å². The van der Waals surface area contributed by atoms with Crippen LogP contribution in [0.5, 0.6) is 0 Å². The van der Waals surface area contributed by atoms with Crippen molar-refractivity contribution < 1.29 is 8.42 Å². The Morgan fingerprint density at radius 2 is 2.07 bits per heavy atom. The maximum absolute atomic E-state index is 11.8. The van der Waals surface area contributed by atoms with E-state index >= 15 is 0 Å². The molecule has 0 aromatic rings. The zero-order chi connectivity index (χ0) is 11.1. The average Bonchev–Trinajstić information content (AvgIpc) is 2.69. The molecule has 2 atom stereocenters. The summed E-state index contributed by atoms with van der Waals surface area (Å²) < 4.78 is 23.2. The molecule has 0 amide bonds. The molecule has 0 aliphatic carbocycles. The lowest BCUT2D eigenvalue weighted by atomic mass is 9.86. The van der Waals surface area contributed by atoms with Gasteiger partial charge in [0.1, 0.15) is 0 Å². The molecule has 88 valence electrons. The van der Waals surface area contributed by atoms with Crippen LogP contribution >= 0.6 is 0 Å². The molecule has 15 heavy (non-hydrogen) atoms. The van der Waals surface area contributed by atoms with Crippen molar-refractivity contribution in [2.75, 3.05) is 12.3 Å². The second kappa shape index (κ2) is 3.74. The van der Waals surface area contributed by atoms with Crippen molar-refractivity contribution >= 4 is 9.84 Å². The minimum Gasteiger partial charge on any atom is -0.314 e. The van der Waals surface area contributed by atoms with Gasteiger partial charge < -0.3 is 5.32 Å². The molecule has 2 rings (SSSR count). The Balaban J connectivity index is 2.05. The second-order valence-corrected chi connectivity index (χ2v) is 8.13. The fourth-order valence-electron chi connectivity index (χ4n) is 2.86. The van der Waals surface area contributed by atoms with Gasteiger partial charge in [0.05, 0.1) is 10.5 Å². The molecular weight excluding hydrogens is 210 g/mol. The number of sulfone groups is 1. The molecule has 0 bridgehead atoms. The maximum atomic E-state index is 11.8. The predicted octanol–water partition coefficient (Wildman–Crippen LogP) is 1.34. The Labute approximate surface area is 92.6 Å². The molecule has 1 N–H and O–H groups in total. The van der Waals surface area contributed by atoms with Gasteiger partial charge >= 0.3 is 0 Å². The van der Waals surface area contributed by atoms with Crippen LogP contribution in [0.4, 0.5) is 0 Å². The zero-order valence-electron chi connectivity index (χ0n) is 9.62. The van der Waals surface area contributed by atoms with Crippen LogP contribution in [-0.2, 0) is 9.84 Å². The third-order valence-electron chi connectivity index (χ3n) is 4.25. The first-order chi connectivity index (χ1) is 6.93. The quantitative estimate of drug-likeness (QED) is 0.780. The molecule has 2 aliphatic rings. The summed E-state index contributed by atoms with van der Waals surface area (Å²) >= 11 is 0. The first-order valence-corrected chi connectivity index (χ1v) is 7.54. The lowest BCUT2D eigenvalue weighted by molar-refractivity contribution is 0.350. The van der Waals surface area contributed by atoms with Crippen LogP contribution < -0.4 is 5.32 Å². The molecule has 2 aliphatic heterocycles. The van der Waals surface area contributed by atoms with Crippen molar-refractivity contribution in [3.8, 4) is 0 Å². The lowest BCUT2D eigenvalue weighted by Gasteiger charge is -2.27. The summed E-state index contributed by atoms with van der Waals surface area (Å²) in [7, 11) is -2.84. The highest BCUT2D eigenvalue weighted by Gasteiger charge is 2.47. The molecule has 0 aromatic carbocycles. The molecule has 0 aromatic heterocycles. The van der Waals surface area contributed by atoms with E-state index in [-0.39, 0.29) is 0 Å². The molecular formula is C11H21NO2S. The normalized spacial score (nSPS) is 38.3. The Kier molecular flexibility index (Phi) is 2.84. The predicted molar refractivity (Wildman–Crippen MR) is 61.6 cm³/mol. The summed E-state index contributed by atoms with van der Waals surface area (Å²) in [4.78, 5) is 0. The van der Waals surface area contributed by atoms with Crippen LogP contribution in [0.3, 0.4) is 0 Å². The Morgan fingerprint density at radius 3 is 2.53 bits per heavy atom. The van der Waals surface area contributed by atoms with Gasteiger partial charge in [-0.15, -0.1) is 0 Å². The van der Waals surface area contributed by atoms with Crippen LogP contribution in [0, 0.1) is 5.92 Å². The van der Waals surface area contributed by atoms with E-state index in [1.165, 1.54) is 12.8 Å². The molecule has 4 heteroatoms. The van der Waals surface area contributed by atoms with E-state index in [9.17, 15) is 8.42 Å². The molecule has 2 saturated heterocycles. The molecule has 2 unspecified atom stereocenters. The van der Waals surface area contributed by atoms with Gasteiger partial charge in [-0.25, -0.2) is 8.42 Å². The van der Waals surface area contributed by atoms with E-state index in [4.69, 9.17) is 0 Å². The van der Waals surface area contributed by atoms with Crippen molar-refractivity contribution in [3.63, 3.8) is 0 Å². The SMILES string of the molecule is CC1(C)C(CC2CCCN2)CCS1(=O)=O. The Morgan fingerprint density at radius 1 is 1.33 bits per heavy atom. The lowest BCUT2D eigenvalue weighted by Crippen LogP contribution is -2.37. The fraction of sp³-hybridized carbons (Fsp3) is 1.00. The molecule has 3 nitrogen and oxygen atoms in total. The van der Waals surface area contributed by atoms with Gasteiger partial charge in [-0.3, -0.25) is 0 Å². The summed E-state index contributed by atoms with van der Waals surface area (Å²) in [5.74, 6) is 0.732. The van der Waals surface area contributed by atoms with Crippen LogP contribution in [0.25, 0.3) is 0 Å². The highest BCUT2D eigenvalue weighted by molar-refractivity contribution is 7.93. The van der Waals surface area contributed by atoms with Crippen molar-refractivity contribution in [2.45, 2.75) is 50.3 Å². The van der Waals surface area contributed by atoms with Crippen molar-refractivity contribution in [2.24, 2.45) is 5.92 Å². The molecule has 0 spiro atoms. The van der Waals surface area contributed by atoms with E-state index in [1.807, 2.05) is 13.8 Å². The number of rotatable bonds is 2.